The highest BCUT2D eigenvalue weighted by Crippen LogP contribution is 2.47. The third kappa shape index (κ3) is 2.66. The fourth-order valence-electron chi connectivity index (χ4n) is 3.45. The molecule has 2 heterocycles. The quantitative estimate of drug-likeness (QED) is 0.478. The molecule has 3 aromatic rings. The van der Waals surface area contributed by atoms with Crippen molar-refractivity contribution in [1.29, 1.82) is 0 Å². The van der Waals surface area contributed by atoms with Gasteiger partial charge in [0.15, 0.2) is 23.0 Å². The number of hydrogen-bond acceptors (Lipinski definition) is 7. The van der Waals surface area contributed by atoms with Gasteiger partial charge in [0.2, 0.25) is 6.79 Å². The lowest BCUT2D eigenvalue weighted by molar-refractivity contribution is -0.207. The van der Waals surface area contributed by atoms with Gasteiger partial charge in [-0.05, 0) is 52.2 Å². The molecule has 0 N–H and O–H groups in total. The summed E-state index contributed by atoms with van der Waals surface area (Å²) in [6.45, 7) is 0.618. The largest absolute Gasteiger partial charge is 0.493 e. The maximum absolute atomic E-state index is 5.57. The first-order valence-corrected chi connectivity index (χ1v) is 9.10. The van der Waals surface area contributed by atoms with Crippen molar-refractivity contribution in [1.82, 2.24) is 0 Å². The van der Waals surface area contributed by atoms with Crippen LogP contribution < -0.4 is 18.9 Å². The lowest BCUT2D eigenvalue weighted by Gasteiger charge is -2.21. The van der Waals surface area contributed by atoms with Crippen molar-refractivity contribution in [3.8, 4) is 34.1 Å². The summed E-state index contributed by atoms with van der Waals surface area (Å²) in [7, 11) is 3.27. The van der Waals surface area contributed by atoms with E-state index in [9.17, 15) is 0 Å². The zero-order chi connectivity index (χ0) is 18.4. The summed E-state index contributed by atoms with van der Waals surface area (Å²) in [5.74, 6) is 2.84. The average molecular weight is 384 g/mol. The Hall–Kier alpha value is -2.61. The summed E-state index contributed by atoms with van der Waals surface area (Å²) < 4.78 is 27.2. The van der Waals surface area contributed by atoms with Crippen LogP contribution >= 0.6 is 12.0 Å². The molecule has 7 heteroatoms. The van der Waals surface area contributed by atoms with Gasteiger partial charge < -0.3 is 18.9 Å². The van der Waals surface area contributed by atoms with Crippen LogP contribution in [0.2, 0.25) is 0 Å². The van der Waals surface area contributed by atoms with Gasteiger partial charge in [-0.15, -0.1) is 0 Å². The second-order valence-corrected chi connectivity index (χ2v) is 6.86. The van der Waals surface area contributed by atoms with E-state index in [0.717, 1.165) is 43.9 Å². The molecule has 0 saturated heterocycles. The molecule has 138 valence electrons. The van der Waals surface area contributed by atoms with Gasteiger partial charge in [0, 0.05) is 5.56 Å². The first-order chi connectivity index (χ1) is 13.3. The number of methoxy groups -OCH3 is 2. The lowest BCUT2D eigenvalue weighted by atomic mass is 9.94. The number of hydrogen-bond donors (Lipinski definition) is 0. The second-order valence-electron chi connectivity index (χ2n) is 6.15. The highest BCUT2D eigenvalue weighted by molar-refractivity contribution is 7.94. The fraction of sp³-hybridized carbons (Fsp3) is 0.200. The van der Waals surface area contributed by atoms with E-state index in [1.807, 2.05) is 30.3 Å². The van der Waals surface area contributed by atoms with Gasteiger partial charge in [0.05, 0.1) is 31.2 Å². The number of rotatable bonds is 3. The number of benzene rings is 3. The van der Waals surface area contributed by atoms with Crippen LogP contribution in [0, 0.1) is 0 Å². The van der Waals surface area contributed by atoms with E-state index >= 15 is 0 Å². The predicted octanol–water partition coefficient (Wildman–Crippen LogP) is 4.72. The Bertz CT molecular complexity index is 1040. The van der Waals surface area contributed by atoms with Crippen LogP contribution in [0.5, 0.6) is 23.0 Å². The van der Waals surface area contributed by atoms with Crippen molar-refractivity contribution >= 4 is 22.8 Å². The van der Waals surface area contributed by atoms with Crippen molar-refractivity contribution in [3.63, 3.8) is 0 Å². The predicted molar refractivity (Wildman–Crippen MR) is 100 cm³/mol. The molecule has 0 aliphatic carbocycles. The maximum Gasteiger partial charge on any atom is 0.231 e. The molecular formula is C20H16O6S. The van der Waals surface area contributed by atoms with Crippen LogP contribution in [0.3, 0.4) is 0 Å². The topological polar surface area (TPSA) is 55.4 Å². The molecule has 0 fully saturated rings. The summed E-state index contributed by atoms with van der Waals surface area (Å²) in [6.07, 6.45) is 0. The molecule has 6 nitrogen and oxygen atoms in total. The maximum atomic E-state index is 5.57. The Kier molecular flexibility index (Phi) is 4.00. The van der Waals surface area contributed by atoms with Gasteiger partial charge in [-0.2, -0.15) is 4.33 Å². The molecule has 2 aliphatic heterocycles. The first-order valence-electron chi connectivity index (χ1n) is 8.36. The summed E-state index contributed by atoms with van der Waals surface area (Å²) in [5.41, 5.74) is 3.10. The molecule has 27 heavy (non-hydrogen) atoms. The Morgan fingerprint density at radius 3 is 2.59 bits per heavy atom. The van der Waals surface area contributed by atoms with Crippen LogP contribution in [-0.4, -0.2) is 21.0 Å². The minimum atomic E-state index is 0.239. The van der Waals surface area contributed by atoms with Crippen LogP contribution in [0.25, 0.3) is 21.9 Å². The molecule has 0 atom stereocenters. The van der Waals surface area contributed by atoms with Crippen molar-refractivity contribution < 1.29 is 28.2 Å². The molecule has 5 rings (SSSR count). The van der Waals surface area contributed by atoms with E-state index in [0.29, 0.717) is 18.1 Å². The zero-order valence-electron chi connectivity index (χ0n) is 14.7. The number of ether oxygens (including phenoxy) is 4. The van der Waals surface area contributed by atoms with Crippen molar-refractivity contribution in [2.24, 2.45) is 0 Å². The standard InChI is InChI=1S/C20H16O6S/c1-21-16-7-12-5-13-9-25-26-27-20(13)19(14(12)8-17(16)22-2)11-3-4-15-18(6-11)24-10-23-15/h3-8H,9-10H2,1-2H3. The summed E-state index contributed by atoms with van der Waals surface area (Å²) in [4.78, 5) is 6.19. The van der Waals surface area contributed by atoms with Gasteiger partial charge >= 0.3 is 0 Å². The van der Waals surface area contributed by atoms with E-state index < -0.39 is 0 Å². The van der Waals surface area contributed by atoms with Crippen LogP contribution in [0.1, 0.15) is 5.56 Å². The van der Waals surface area contributed by atoms with E-state index in [4.69, 9.17) is 28.2 Å². The van der Waals surface area contributed by atoms with E-state index in [2.05, 4.69) is 6.07 Å². The molecule has 2 aliphatic rings. The van der Waals surface area contributed by atoms with Crippen LogP contribution in [0.15, 0.2) is 41.3 Å². The minimum Gasteiger partial charge on any atom is -0.493 e. The van der Waals surface area contributed by atoms with Crippen LogP contribution in [-0.2, 0) is 15.8 Å². The summed E-state index contributed by atoms with van der Waals surface area (Å²) in [5, 5.41) is 2.06. The zero-order valence-corrected chi connectivity index (χ0v) is 15.6. The highest BCUT2D eigenvalue weighted by Gasteiger charge is 2.23. The van der Waals surface area contributed by atoms with Crippen LogP contribution in [0.4, 0.5) is 0 Å². The Balaban J connectivity index is 1.82. The molecule has 0 radical (unpaired) electrons. The van der Waals surface area contributed by atoms with E-state index in [1.165, 1.54) is 12.0 Å². The minimum absolute atomic E-state index is 0.239. The van der Waals surface area contributed by atoms with Crippen molar-refractivity contribution in [2.45, 2.75) is 11.5 Å². The highest BCUT2D eigenvalue weighted by atomic mass is 32.2. The van der Waals surface area contributed by atoms with Crippen molar-refractivity contribution in [3.05, 3.63) is 42.0 Å². The molecule has 0 spiro atoms. The molecule has 0 saturated carbocycles. The molecule has 3 aromatic carbocycles. The molecule has 0 bridgehead atoms. The number of fused-ring (bicyclic) bond motifs is 3. The average Bonchev–Trinajstić information content (AvgIpc) is 3.18. The van der Waals surface area contributed by atoms with Gasteiger partial charge in [0.25, 0.3) is 0 Å². The normalized spacial score (nSPS) is 14.9. The van der Waals surface area contributed by atoms with E-state index in [1.54, 1.807) is 14.2 Å². The third-order valence-electron chi connectivity index (χ3n) is 4.71. The molecular weight excluding hydrogens is 368 g/mol. The van der Waals surface area contributed by atoms with Gasteiger partial charge in [0.1, 0.15) is 6.61 Å². The summed E-state index contributed by atoms with van der Waals surface area (Å²) >= 11 is 1.22. The Morgan fingerprint density at radius 2 is 1.74 bits per heavy atom. The molecule has 0 unspecified atom stereocenters. The van der Waals surface area contributed by atoms with Gasteiger partial charge in [-0.1, -0.05) is 6.07 Å². The molecule has 0 aromatic heterocycles. The fourth-order valence-corrected chi connectivity index (χ4v) is 4.15. The second kappa shape index (κ2) is 6.53. The lowest BCUT2D eigenvalue weighted by Crippen LogP contribution is -2.03. The monoisotopic (exact) mass is 384 g/mol. The van der Waals surface area contributed by atoms with E-state index in [-0.39, 0.29) is 6.79 Å². The SMILES string of the molecule is COc1cc2cc3c(c(-c4ccc5c(c4)OCO5)c2cc1OC)SOOC3. The van der Waals surface area contributed by atoms with Crippen molar-refractivity contribution in [2.75, 3.05) is 21.0 Å². The van der Waals surface area contributed by atoms with Gasteiger partial charge in [-0.25, -0.2) is 4.89 Å². The summed E-state index contributed by atoms with van der Waals surface area (Å²) in [6, 6.07) is 12.0. The van der Waals surface area contributed by atoms with Gasteiger partial charge in [-0.3, -0.25) is 0 Å². The Labute approximate surface area is 160 Å². The smallest absolute Gasteiger partial charge is 0.231 e. The first kappa shape index (κ1) is 16.6. The molecule has 0 amide bonds. The third-order valence-corrected chi connectivity index (χ3v) is 5.51. The Morgan fingerprint density at radius 1 is 0.926 bits per heavy atom.